The van der Waals surface area contributed by atoms with Gasteiger partial charge in [-0.15, -0.1) is 0 Å². The van der Waals surface area contributed by atoms with Crippen LogP contribution in [0.4, 0.5) is 11.4 Å². The van der Waals surface area contributed by atoms with Crippen molar-refractivity contribution in [3.63, 3.8) is 0 Å². The van der Waals surface area contributed by atoms with E-state index in [1.54, 1.807) is 17.0 Å². The minimum atomic E-state index is -0.258. The van der Waals surface area contributed by atoms with Crippen LogP contribution in [0.15, 0.2) is 36.4 Å². The van der Waals surface area contributed by atoms with Gasteiger partial charge in [-0.25, -0.2) is 0 Å². The maximum absolute atomic E-state index is 12.8. The van der Waals surface area contributed by atoms with Crippen LogP contribution in [0.1, 0.15) is 22.8 Å². The SMILES string of the molecule is CC1Cc2cc(N)ccc2N1C(=O)c1cc(Cl)ccc1O. The molecule has 0 saturated heterocycles. The fourth-order valence-electron chi connectivity index (χ4n) is 2.77. The predicted octanol–water partition coefficient (Wildman–Crippen LogP) is 3.22. The lowest BCUT2D eigenvalue weighted by Crippen LogP contribution is -2.35. The van der Waals surface area contributed by atoms with Crippen LogP contribution < -0.4 is 10.6 Å². The summed E-state index contributed by atoms with van der Waals surface area (Å²) in [7, 11) is 0. The summed E-state index contributed by atoms with van der Waals surface area (Å²) in [5, 5.41) is 10.3. The van der Waals surface area contributed by atoms with E-state index in [1.165, 1.54) is 12.1 Å². The molecule has 5 heteroatoms. The van der Waals surface area contributed by atoms with Gasteiger partial charge in [0, 0.05) is 22.4 Å². The molecule has 1 amide bonds. The number of nitrogen functional groups attached to an aromatic ring is 1. The summed E-state index contributed by atoms with van der Waals surface area (Å²) in [6.45, 7) is 1.97. The summed E-state index contributed by atoms with van der Waals surface area (Å²) in [5.41, 5.74) is 8.55. The number of anilines is 2. The molecule has 0 bridgehead atoms. The first-order chi connectivity index (χ1) is 9.97. The van der Waals surface area contributed by atoms with Crippen molar-refractivity contribution in [1.29, 1.82) is 0 Å². The first-order valence-electron chi connectivity index (χ1n) is 6.68. The van der Waals surface area contributed by atoms with Crippen molar-refractivity contribution in [2.24, 2.45) is 0 Å². The van der Waals surface area contributed by atoms with Crippen molar-refractivity contribution in [2.45, 2.75) is 19.4 Å². The smallest absolute Gasteiger partial charge is 0.262 e. The Morgan fingerprint density at radius 2 is 2.10 bits per heavy atom. The molecule has 0 radical (unpaired) electrons. The van der Waals surface area contributed by atoms with Crippen LogP contribution in [0.2, 0.25) is 5.02 Å². The molecular formula is C16H15ClN2O2. The molecule has 21 heavy (non-hydrogen) atoms. The third kappa shape index (κ3) is 2.32. The number of carbonyl (C=O) groups excluding carboxylic acids is 1. The van der Waals surface area contributed by atoms with Crippen LogP contribution in [0, 0.1) is 0 Å². The van der Waals surface area contributed by atoms with E-state index in [0.29, 0.717) is 10.7 Å². The Morgan fingerprint density at radius 1 is 1.33 bits per heavy atom. The van der Waals surface area contributed by atoms with E-state index < -0.39 is 0 Å². The van der Waals surface area contributed by atoms with Crippen molar-refractivity contribution in [1.82, 2.24) is 0 Å². The maximum Gasteiger partial charge on any atom is 0.262 e. The zero-order chi connectivity index (χ0) is 15.1. The molecule has 1 atom stereocenters. The van der Waals surface area contributed by atoms with Gasteiger partial charge in [0.1, 0.15) is 5.75 Å². The van der Waals surface area contributed by atoms with Gasteiger partial charge in [0.05, 0.1) is 5.56 Å². The molecule has 0 saturated carbocycles. The molecule has 0 spiro atoms. The summed E-state index contributed by atoms with van der Waals surface area (Å²) in [6.07, 6.45) is 0.743. The van der Waals surface area contributed by atoms with Gasteiger partial charge in [-0.2, -0.15) is 0 Å². The largest absolute Gasteiger partial charge is 0.507 e. The molecular weight excluding hydrogens is 288 g/mol. The molecule has 1 unspecified atom stereocenters. The molecule has 108 valence electrons. The molecule has 1 aliphatic heterocycles. The highest BCUT2D eigenvalue weighted by atomic mass is 35.5. The second-order valence-electron chi connectivity index (χ2n) is 5.28. The van der Waals surface area contributed by atoms with Crippen LogP contribution >= 0.6 is 11.6 Å². The topological polar surface area (TPSA) is 66.6 Å². The quantitative estimate of drug-likeness (QED) is 0.795. The zero-order valence-electron chi connectivity index (χ0n) is 11.5. The fourth-order valence-corrected chi connectivity index (χ4v) is 2.94. The second-order valence-corrected chi connectivity index (χ2v) is 5.71. The first kappa shape index (κ1) is 13.8. The van der Waals surface area contributed by atoms with Gasteiger partial charge in [0.15, 0.2) is 0 Å². The van der Waals surface area contributed by atoms with Crippen molar-refractivity contribution >= 4 is 28.9 Å². The fraction of sp³-hybridized carbons (Fsp3) is 0.188. The maximum atomic E-state index is 12.8. The molecule has 2 aromatic rings. The lowest BCUT2D eigenvalue weighted by atomic mass is 10.1. The molecule has 0 aromatic heterocycles. The average Bonchev–Trinajstić information content (AvgIpc) is 2.75. The van der Waals surface area contributed by atoms with Gasteiger partial charge in [-0.1, -0.05) is 11.6 Å². The molecule has 3 N–H and O–H groups in total. The van der Waals surface area contributed by atoms with Gasteiger partial charge >= 0.3 is 0 Å². The highest BCUT2D eigenvalue weighted by Crippen LogP contribution is 2.36. The third-order valence-electron chi connectivity index (χ3n) is 3.73. The molecule has 0 fully saturated rings. The number of halogens is 1. The van der Waals surface area contributed by atoms with E-state index in [4.69, 9.17) is 17.3 Å². The molecule has 1 aliphatic rings. The number of amides is 1. The van der Waals surface area contributed by atoms with Crippen LogP contribution in [0.3, 0.4) is 0 Å². The number of nitrogens with two attached hydrogens (primary N) is 1. The lowest BCUT2D eigenvalue weighted by Gasteiger charge is -2.23. The zero-order valence-corrected chi connectivity index (χ0v) is 12.3. The van der Waals surface area contributed by atoms with Crippen LogP contribution in [0.5, 0.6) is 5.75 Å². The van der Waals surface area contributed by atoms with Gasteiger partial charge in [-0.3, -0.25) is 4.79 Å². The number of fused-ring (bicyclic) bond motifs is 1. The third-order valence-corrected chi connectivity index (χ3v) is 3.96. The number of nitrogens with zero attached hydrogens (tertiary/aromatic N) is 1. The van der Waals surface area contributed by atoms with E-state index in [0.717, 1.165) is 17.7 Å². The first-order valence-corrected chi connectivity index (χ1v) is 7.05. The van der Waals surface area contributed by atoms with Crippen molar-refractivity contribution in [3.05, 3.63) is 52.5 Å². The number of hydrogen-bond donors (Lipinski definition) is 2. The Balaban J connectivity index is 2.05. The van der Waals surface area contributed by atoms with E-state index in [1.807, 2.05) is 19.1 Å². The summed E-state index contributed by atoms with van der Waals surface area (Å²) >= 11 is 5.93. The predicted molar refractivity (Wildman–Crippen MR) is 83.9 cm³/mol. The standard InChI is InChI=1S/C16H15ClN2O2/c1-9-6-10-7-12(18)3-4-14(10)19(9)16(21)13-8-11(17)2-5-15(13)20/h2-5,7-9,20H,6,18H2,1H3. The summed E-state index contributed by atoms with van der Waals surface area (Å²) in [5.74, 6) is -0.327. The van der Waals surface area contributed by atoms with Crippen molar-refractivity contribution in [2.75, 3.05) is 10.6 Å². The number of aromatic hydroxyl groups is 1. The highest BCUT2D eigenvalue weighted by molar-refractivity contribution is 6.31. The number of carbonyl (C=O) groups is 1. The minimum absolute atomic E-state index is 0.00711. The summed E-state index contributed by atoms with van der Waals surface area (Å²) < 4.78 is 0. The van der Waals surface area contributed by atoms with Crippen molar-refractivity contribution < 1.29 is 9.90 Å². The number of phenolic OH excluding ortho intramolecular Hbond substituents is 1. The summed E-state index contributed by atoms with van der Waals surface area (Å²) in [6, 6.07) is 9.98. The van der Waals surface area contributed by atoms with Gasteiger partial charge in [0.2, 0.25) is 0 Å². The molecule has 1 heterocycles. The van der Waals surface area contributed by atoms with Crippen LogP contribution in [0.25, 0.3) is 0 Å². The van der Waals surface area contributed by atoms with Crippen molar-refractivity contribution in [3.8, 4) is 5.75 Å². The van der Waals surface area contributed by atoms with Crippen LogP contribution in [-0.2, 0) is 6.42 Å². The number of rotatable bonds is 1. The molecule has 0 aliphatic carbocycles. The summed E-state index contributed by atoms with van der Waals surface area (Å²) in [4.78, 5) is 14.4. The van der Waals surface area contributed by atoms with Gasteiger partial charge in [-0.05, 0) is 55.3 Å². The Morgan fingerprint density at radius 3 is 2.86 bits per heavy atom. The average molecular weight is 303 g/mol. The van der Waals surface area contributed by atoms with Gasteiger partial charge < -0.3 is 15.7 Å². The molecule has 4 nitrogen and oxygen atoms in total. The number of phenols is 1. The molecule has 3 rings (SSSR count). The van der Waals surface area contributed by atoms with E-state index in [-0.39, 0.29) is 23.3 Å². The van der Waals surface area contributed by atoms with E-state index >= 15 is 0 Å². The monoisotopic (exact) mass is 302 g/mol. The van der Waals surface area contributed by atoms with E-state index in [2.05, 4.69) is 0 Å². The normalized spacial score (nSPS) is 16.9. The highest BCUT2D eigenvalue weighted by Gasteiger charge is 2.32. The Labute approximate surface area is 127 Å². The van der Waals surface area contributed by atoms with Crippen LogP contribution in [-0.4, -0.2) is 17.1 Å². The minimum Gasteiger partial charge on any atom is -0.507 e. The number of benzene rings is 2. The second kappa shape index (κ2) is 4.97. The Hall–Kier alpha value is -2.20. The Bertz CT molecular complexity index is 730. The number of hydrogen-bond acceptors (Lipinski definition) is 3. The van der Waals surface area contributed by atoms with E-state index in [9.17, 15) is 9.90 Å². The Kier molecular flexibility index (Phi) is 3.26. The molecule has 2 aromatic carbocycles. The van der Waals surface area contributed by atoms with Gasteiger partial charge in [0.25, 0.3) is 5.91 Å². The lowest BCUT2D eigenvalue weighted by molar-refractivity contribution is 0.0979.